The summed E-state index contributed by atoms with van der Waals surface area (Å²) in [4.78, 5) is 0.328. The Bertz CT molecular complexity index is 610. The fourth-order valence-electron chi connectivity index (χ4n) is 2.97. The molecular weight excluding hydrogens is 308 g/mol. The van der Waals surface area contributed by atoms with Crippen LogP contribution in [0.15, 0.2) is 17.0 Å². The van der Waals surface area contributed by atoms with Crippen LogP contribution in [0.4, 0.5) is 0 Å². The molecule has 0 aliphatic heterocycles. The molecule has 0 spiro atoms. The Morgan fingerprint density at radius 1 is 1.33 bits per heavy atom. The minimum atomic E-state index is -3.50. The van der Waals surface area contributed by atoms with Crippen LogP contribution in [0.1, 0.15) is 36.8 Å². The largest absolute Gasteiger partial charge is 0.316 e. The molecule has 21 heavy (non-hydrogen) atoms. The van der Waals surface area contributed by atoms with Gasteiger partial charge in [-0.25, -0.2) is 8.42 Å². The molecule has 0 amide bonds. The molecule has 118 valence electrons. The Hall–Kier alpha value is -0.620. The monoisotopic (exact) mass is 330 g/mol. The number of sulfonamides is 1. The number of nitrogens with one attached hydrogen (secondary N) is 1. The number of nitrogens with zero attached hydrogens (tertiary/aromatic N) is 1. The number of hydrogen-bond donors (Lipinski definition) is 1. The topological polar surface area (TPSA) is 49.4 Å². The van der Waals surface area contributed by atoms with E-state index in [2.05, 4.69) is 5.32 Å². The van der Waals surface area contributed by atoms with Crippen LogP contribution < -0.4 is 5.32 Å². The van der Waals surface area contributed by atoms with Crippen LogP contribution in [0.3, 0.4) is 0 Å². The smallest absolute Gasteiger partial charge is 0.243 e. The Kier molecular flexibility index (Phi) is 5.30. The molecule has 4 nitrogen and oxygen atoms in total. The van der Waals surface area contributed by atoms with E-state index in [1.54, 1.807) is 13.1 Å². The molecule has 0 aromatic heterocycles. The molecule has 0 unspecified atom stereocenters. The highest BCUT2D eigenvalue weighted by atomic mass is 35.5. The minimum absolute atomic E-state index is 0.112. The van der Waals surface area contributed by atoms with Crippen LogP contribution >= 0.6 is 11.6 Å². The molecule has 0 heterocycles. The zero-order chi connectivity index (χ0) is 15.6. The molecule has 0 saturated heterocycles. The van der Waals surface area contributed by atoms with Crippen LogP contribution in [0, 0.1) is 6.92 Å². The first-order valence-electron chi connectivity index (χ1n) is 7.29. The second kappa shape index (κ2) is 6.65. The summed E-state index contributed by atoms with van der Waals surface area (Å²) in [5.74, 6) is 0. The van der Waals surface area contributed by atoms with Crippen molar-refractivity contribution in [2.24, 2.45) is 0 Å². The van der Waals surface area contributed by atoms with Gasteiger partial charge in [0.1, 0.15) is 0 Å². The van der Waals surface area contributed by atoms with E-state index >= 15 is 0 Å². The van der Waals surface area contributed by atoms with Gasteiger partial charge in [-0.3, -0.25) is 0 Å². The van der Waals surface area contributed by atoms with Gasteiger partial charge in [0.2, 0.25) is 10.0 Å². The highest BCUT2D eigenvalue weighted by Crippen LogP contribution is 2.31. The van der Waals surface area contributed by atoms with Gasteiger partial charge in [-0.1, -0.05) is 24.4 Å². The Labute approximate surface area is 132 Å². The van der Waals surface area contributed by atoms with Gasteiger partial charge >= 0.3 is 0 Å². The fraction of sp³-hybridized carbons (Fsp3) is 0.600. The molecule has 0 radical (unpaired) electrons. The summed E-state index contributed by atoms with van der Waals surface area (Å²) in [6.45, 7) is 2.44. The van der Waals surface area contributed by atoms with Crippen molar-refractivity contribution in [1.29, 1.82) is 0 Å². The zero-order valence-corrected chi connectivity index (χ0v) is 14.4. The normalized spacial score (nSPS) is 16.8. The van der Waals surface area contributed by atoms with Crippen molar-refractivity contribution in [3.63, 3.8) is 0 Å². The Morgan fingerprint density at radius 2 is 1.95 bits per heavy atom. The maximum Gasteiger partial charge on any atom is 0.243 e. The molecule has 0 atom stereocenters. The van der Waals surface area contributed by atoms with Crippen LogP contribution in [-0.4, -0.2) is 32.9 Å². The zero-order valence-electron chi connectivity index (χ0n) is 12.8. The third kappa shape index (κ3) is 3.42. The highest BCUT2D eigenvalue weighted by molar-refractivity contribution is 7.89. The number of hydrogen-bond acceptors (Lipinski definition) is 3. The summed E-state index contributed by atoms with van der Waals surface area (Å²) in [5.41, 5.74) is 1.70. The fourth-order valence-corrected chi connectivity index (χ4v) is 4.98. The van der Waals surface area contributed by atoms with Gasteiger partial charge in [0.05, 0.1) is 4.90 Å². The molecule has 1 aromatic carbocycles. The van der Waals surface area contributed by atoms with E-state index in [9.17, 15) is 8.42 Å². The quantitative estimate of drug-likeness (QED) is 0.903. The summed E-state index contributed by atoms with van der Waals surface area (Å²) in [6.07, 6.45) is 4.09. The number of rotatable bonds is 5. The summed E-state index contributed by atoms with van der Waals surface area (Å²) in [7, 11) is 0.0212. The predicted octanol–water partition coefficient (Wildman–Crippen LogP) is 2.93. The van der Waals surface area contributed by atoms with Crippen molar-refractivity contribution in [3.05, 3.63) is 28.3 Å². The van der Waals surface area contributed by atoms with Crippen LogP contribution in [0.5, 0.6) is 0 Å². The summed E-state index contributed by atoms with van der Waals surface area (Å²) >= 11 is 6.12. The van der Waals surface area contributed by atoms with Crippen molar-refractivity contribution in [3.8, 4) is 0 Å². The molecule has 1 fully saturated rings. The molecule has 0 bridgehead atoms. The Balaban J connectivity index is 2.43. The van der Waals surface area contributed by atoms with E-state index in [-0.39, 0.29) is 6.04 Å². The van der Waals surface area contributed by atoms with Gasteiger partial charge < -0.3 is 5.32 Å². The second-order valence-corrected chi connectivity index (χ2v) is 8.08. The van der Waals surface area contributed by atoms with Gasteiger partial charge in [-0.05, 0) is 50.1 Å². The van der Waals surface area contributed by atoms with Crippen LogP contribution in [0.2, 0.25) is 5.02 Å². The predicted molar refractivity (Wildman–Crippen MR) is 86.2 cm³/mol. The first-order valence-corrected chi connectivity index (χ1v) is 9.11. The van der Waals surface area contributed by atoms with Crippen molar-refractivity contribution in [2.45, 2.75) is 50.1 Å². The lowest BCUT2D eigenvalue weighted by molar-refractivity contribution is 0.372. The molecule has 1 N–H and O–H groups in total. The number of halogens is 1. The average molecular weight is 331 g/mol. The number of benzene rings is 1. The van der Waals surface area contributed by atoms with E-state index in [1.807, 2.05) is 20.0 Å². The summed E-state index contributed by atoms with van der Waals surface area (Å²) in [5, 5.41) is 3.51. The third-order valence-electron chi connectivity index (χ3n) is 4.30. The molecule has 2 rings (SSSR count). The highest BCUT2D eigenvalue weighted by Gasteiger charge is 2.31. The van der Waals surface area contributed by atoms with Gasteiger partial charge in [-0.2, -0.15) is 4.31 Å². The molecule has 1 aliphatic carbocycles. The lowest BCUT2D eigenvalue weighted by atomic mass is 10.1. The van der Waals surface area contributed by atoms with Crippen LogP contribution in [-0.2, 0) is 16.6 Å². The average Bonchev–Trinajstić information content (AvgIpc) is 2.95. The molecule has 1 saturated carbocycles. The van der Waals surface area contributed by atoms with Crippen molar-refractivity contribution in [2.75, 3.05) is 14.1 Å². The SMILES string of the molecule is CNCc1cc(Cl)cc(S(=O)(=O)N(C)C2CCCC2)c1C. The first kappa shape index (κ1) is 16.7. The van der Waals surface area contributed by atoms with E-state index in [4.69, 9.17) is 11.6 Å². The van der Waals surface area contributed by atoms with E-state index in [1.165, 1.54) is 4.31 Å². The lowest BCUT2D eigenvalue weighted by Crippen LogP contribution is -2.35. The van der Waals surface area contributed by atoms with Crippen LogP contribution in [0.25, 0.3) is 0 Å². The Morgan fingerprint density at radius 3 is 2.52 bits per heavy atom. The lowest BCUT2D eigenvalue weighted by Gasteiger charge is -2.25. The van der Waals surface area contributed by atoms with E-state index in [0.717, 1.165) is 36.8 Å². The first-order chi connectivity index (χ1) is 9.87. The molecule has 6 heteroatoms. The minimum Gasteiger partial charge on any atom is -0.316 e. The molecule has 1 aliphatic rings. The van der Waals surface area contributed by atoms with E-state index in [0.29, 0.717) is 16.5 Å². The summed E-state index contributed by atoms with van der Waals surface area (Å²) < 4.78 is 27.3. The maximum atomic E-state index is 12.9. The van der Waals surface area contributed by atoms with Gasteiger partial charge in [-0.15, -0.1) is 0 Å². The van der Waals surface area contributed by atoms with Gasteiger partial charge in [0, 0.05) is 24.7 Å². The molecular formula is C15H23ClN2O2S. The van der Waals surface area contributed by atoms with Gasteiger partial charge in [0.25, 0.3) is 0 Å². The maximum absolute atomic E-state index is 12.9. The molecule has 1 aromatic rings. The standard InChI is InChI=1S/C15H23ClN2O2S/c1-11-12(10-17-2)8-13(16)9-15(11)21(19,20)18(3)14-6-4-5-7-14/h8-9,14,17H,4-7,10H2,1-3H3. The summed E-state index contributed by atoms with van der Waals surface area (Å²) in [6, 6.07) is 3.50. The van der Waals surface area contributed by atoms with E-state index < -0.39 is 10.0 Å². The second-order valence-electron chi connectivity index (χ2n) is 5.68. The van der Waals surface area contributed by atoms with Crippen molar-refractivity contribution in [1.82, 2.24) is 9.62 Å². The van der Waals surface area contributed by atoms with Gasteiger partial charge in [0.15, 0.2) is 0 Å². The van der Waals surface area contributed by atoms with Crippen molar-refractivity contribution < 1.29 is 8.42 Å². The van der Waals surface area contributed by atoms with Crippen molar-refractivity contribution >= 4 is 21.6 Å². The third-order valence-corrected chi connectivity index (χ3v) is 6.55.